The topological polar surface area (TPSA) is 71.4 Å². The van der Waals surface area contributed by atoms with E-state index in [-0.39, 0.29) is 30.2 Å². The van der Waals surface area contributed by atoms with Gasteiger partial charge in [-0.25, -0.2) is 4.39 Å². The van der Waals surface area contributed by atoms with Crippen molar-refractivity contribution in [3.05, 3.63) is 108 Å². The maximum atomic E-state index is 14.1. The summed E-state index contributed by atoms with van der Waals surface area (Å²) < 4.78 is 21.4. The smallest absolute Gasteiger partial charge is 0.226 e. The molecule has 0 bridgehead atoms. The number of benzene rings is 2. The molecule has 2 atom stereocenters. The van der Waals surface area contributed by atoms with Gasteiger partial charge in [0.25, 0.3) is 0 Å². The number of pyridine rings is 1. The van der Waals surface area contributed by atoms with E-state index in [0.29, 0.717) is 28.8 Å². The van der Waals surface area contributed by atoms with Crippen molar-refractivity contribution in [1.82, 2.24) is 19.8 Å². The van der Waals surface area contributed by atoms with Crippen molar-refractivity contribution >= 4 is 28.9 Å². The first-order valence-electron chi connectivity index (χ1n) is 11.9. The van der Waals surface area contributed by atoms with Gasteiger partial charge in [0.05, 0.1) is 30.6 Å². The number of thiocarbonyl (C=S) groups is 1. The molecule has 1 saturated heterocycles. The average molecular weight is 516 g/mol. The van der Waals surface area contributed by atoms with Gasteiger partial charge in [0, 0.05) is 36.7 Å². The number of ether oxygens (including phenoxy) is 1. The Morgan fingerprint density at radius 1 is 1.11 bits per heavy atom. The van der Waals surface area contributed by atoms with Crippen LogP contribution in [0.1, 0.15) is 29.9 Å². The highest BCUT2D eigenvalue weighted by Crippen LogP contribution is 2.39. The van der Waals surface area contributed by atoms with Crippen LogP contribution in [0.25, 0.3) is 5.69 Å². The fraction of sp³-hybridized carbons (Fsp3) is 0.179. The molecule has 37 heavy (non-hydrogen) atoms. The van der Waals surface area contributed by atoms with Gasteiger partial charge in [0.1, 0.15) is 11.6 Å². The first kappa shape index (κ1) is 24.5. The Balaban J connectivity index is 1.44. The van der Waals surface area contributed by atoms with Crippen molar-refractivity contribution in [2.75, 3.05) is 19.0 Å². The number of hydrogen-bond donors (Lipinski definition) is 2. The lowest BCUT2D eigenvalue weighted by Gasteiger charge is -2.29. The van der Waals surface area contributed by atoms with Crippen molar-refractivity contribution in [2.45, 2.75) is 18.5 Å². The fourth-order valence-corrected chi connectivity index (χ4v) is 4.98. The number of aromatic nitrogens is 2. The number of carbonyl (C=O) groups excluding carboxylic acids is 1. The Hall–Kier alpha value is -4.24. The highest BCUT2D eigenvalue weighted by atomic mass is 32.1. The predicted molar refractivity (Wildman–Crippen MR) is 144 cm³/mol. The monoisotopic (exact) mass is 515 g/mol. The Morgan fingerprint density at radius 3 is 2.73 bits per heavy atom. The molecule has 2 aromatic carbocycles. The standard InChI is InChI=1S/C28H26FN5O2S/c1-36-24-13-3-2-10-21(24)31-25(35)14-17-34-27(26(32-28(34)37)22-11-4-5-15-30-22)23-12-7-16-33(23)20-9-6-8-19(29)18-20/h2-13,15-16,18,26-27H,14,17H2,1H3,(H,31,35)(H,32,37). The fourth-order valence-electron chi connectivity index (χ4n) is 4.65. The van der Waals surface area contributed by atoms with E-state index in [2.05, 4.69) is 15.6 Å². The Morgan fingerprint density at radius 2 is 1.95 bits per heavy atom. The van der Waals surface area contributed by atoms with Gasteiger partial charge in [0.2, 0.25) is 5.91 Å². The van der Waals surface area contributed by atoms with Crippen LogP contribution in [0.15, 0.2) is 91.3 Å². The van der Waals surface area contributed by atoms with Gasteiger partial charge in [-0.05, 0) is 66.8 Å². The molecule has 5 rings (SSSR count). The summed E-state index contributed by atoms with van der Waals surface area (Å²) in [4.78, 5) is 19.5. The molecule has 1 aliphatic heterocycles. The average Bonchev–Trinajstić information content (AvgIpc) is 3.52. The van der Waals surface area contributed by atoms with E-state index in [1.165, 1.54) is 12.1 Å². The van der Waals surface area contributed by atoms with E-state index >= 15 is 0 Å². The van der Waals surface area contributed by atoms with E-state index in [1.54, 1.807) is 31.5 Å². The van der Waals surface area contributed by atoms with Crippen molar-refractivity contribution in [3.8, 4) is 11.4 Å². The number of amides is 1. The summed E-state index contributed by atoms with van der Waals surface area (Å²) in [6, 6.07) is 22.8. The minimum Gasteiger partial charge on any atom is -0.495 e. The van der Waals surface area contributed by atoms with Crippen LogP contribution in [0, 0.1) is 5.82 Å². The summed E-state index contributed by atoms with van der Waals surface area (Å²) >= 11 is 5.74. The van der Waals surface area contributed by atoms with E-state index in [1.807, 2.05) is 64.2 Å². The van der Waals surface area contributed by atoms with Crippen LogP contribution in [0.2, 0.25) is 0 Å². The molecule has 0 saturated carbocycles. The number of nitrogens with zero attached hydrogens (tertiary/aromatic N) is 3. The molecular weight excluding hydrogens is 489 g/mol. The quantitative estimate of drug-likeness (QED) is 0.321. The zero-order valence-electron chi connectivity index (χ0n) is 20.2. The third-order valence-electron chi connectivity index (χ3n) is 6.33. The Kier molecular flexibility index (Phi) is 7.14. The second kappa shape index (κ2) is 10.8. The molecule has 2 unspecified atom stereocenters. The van der Waals surface area contributed by atoms with Crippen LogP contribution in [0.3, 0.4) is 0 Å². The normalized spacial score (nSPS) is 16.9. The lowest BCUT2D eigenvalue weighted by atomic mass is 10.0. The highest BCUT2D eigenvalue weighted by molar-refractivity contribution is 7.80. The molecule has 0 radical (unpaired) electrons. The van der Waals surface area contributed by atoms with Crippen LogP contribution in [0.5, 0.6) is 5.75 Å². The molecule has 3 heterocycles. The molecule has 1 aliphatic rings. The molecule has 7 nitrogen and oxygen atoms in total. The third kappa shape index (κ3) is 5.17. The predicted octanol–water partition coefficient (Wildman–Crippen LogP) is 5.02. The van der Waals surface area contributed by atoms with Crippen LogP contribution < -0.4 is 15.4 Å². The zero-order valence-corrected chi connectivity index (χ0v) is 21.0. The minimum absolute atomic E-state index is 0.159. The zero-order chi connectivity index (χ0) is 25.8. The van der Waals surface area contributed by atoms with E-state index in [0.717, 1.165) is 11.4 Å². The minimum atomic E-state index is -0.316. The van der Waals surface area contributed by atoms with Gasteiger partial charge in [-0.3, -0.25) is 9.78 Å². The van der Waals surface area contributed by atoms with E-state index < -0.39 is 0 Å². The maximum absolute atomic E-state index is 14.1. The highest BCUT2D eigenvalue weighted by Gasteiger charge is 2.41. The molecule has 188 valence electrons. The third-order valence-corrected chi connectivity index (χ3v) is 6.68. The van der Waals surface area contributed by atoms with Crippen LogP contribution >= 0.6 is 12.2 Å². The molecule has 2 N–H and O–H groups in total. The number of para-hydroxylation sites is 2. The molecule has 0 spiro atoms. The van der Waals surface area contributed by atoms with Crippen molar-refractivity contribution in [2.24, 2.45) is 0 Å². The summed E-state index contributed by atoms with van der Waals surface area (Å²) in [6.07, 6.45) is 3.84. The van der Waals surface area contributed by atoms with Crippen LogP contribution in [-0.2, 0) is 4.79 Å². The lowest BCUT2D eigenvalue weighted by Crippen LogP contribution is -2.33. The number of nitrogens with one attached hydrogen (secondary N) is 2. The van der Waals surface area contributed by atoms with Gasteiger partial charge in [0.15, 0.2) is 5.11 Å². The first-order chi connectivity index (χ1) is 18.0. The van der Waals surface area contributed by atoms with Gasteiger partial charge in [-0.2, -0.15) is 0 Å². The largest absolute Gasteiger partial charge is 0.495 e. The number of anilines is 1. The number of carbonyl (C=O) groups is 1. The molecule has 9 heteroatoms. The number of rotatable bonds is 8. The summed E-state index contributed by atoms with van der Waals surface area (Å²) in [5.41, 5.74) is 3.04. The molecule has 1 fully saturated rings. The lowest BCUT2D eigenvalue weighted by molar-refractivity contribution is -0.116. The Labute approximate surface area is 219 Å². The molecule has 0 aliphatic carbocycles. The Bertz CT molecular complexity index is 1410. The van der Waals surface area contributed by atoms with Crippen molar-refractivity contribution in [1.29, 1.82) is 0 Å². The molecule has 1 amide bonds. The summed E-state index contributed by atoms with van der Waals surface area (Å²) in [6.45, 7) is 0.370. The molecule has 4 aromatic rings. The number of halogens is 1. The summed E-state index contributed by atoms with van der Waals surface area (Å²) in [5.74, 6) is 0.117. The number of methoxy groups -OCH3 is 1. The van der Waals surface area contributed by atoms with Crippen molar-refractivity contribution < 1.29 is 13.9 Å². The van der Waals surface area contributed by atoms with Crippen LogP contribution in [-0.4, -0.2) is 39.1 Å². The van der Waals surface area contributed by atoms with Crippen molar-refractivity contribution in [3.63, 3.8) is 0 Å². The van der Waals surface area contributed by atoms with Gasteiger partial charge in [-0.1, -0.05) is 24.3 Å². The summed E-state index contributed by atoms with van der Waals surface area (Å²) in [5, 5.41) is 6.84. The number of hydrogen-bond acceptors (Lipinski definition) is 4. The van der Waals surface area contributed by atoms with Gasteiger partial charge >= 0.3 is 0 Å². The molecule has 2 aromatic heterocycles. The van der Waals surface area contributed by atoms with Crippen LogP contribution in [0.4, 0.5) is 10.1 Å². The first-order valence-corrected chi connectivity index (χ1v) is 12.3. The van der Waals surface area contributed by atoms with E-state index in [9.17, 15) is 9.18 Å². The van der Waals surface area contributed by atoms with E-state index in [4.69, 9.17) is 17.0 Å². The maximum Gasteiger partial charge on any atom is 0.226 e. The second-order valence-corrected chi connectivity index (χ2v) is 8.99. The molecular formula is C28H26FN5O2S. The second-order valence-electron chi connectivity index (χ2n) is 8.60. The van der Waals surface area contributed by atoms with Gasteiger partial charge < -0.3 is 24.8 Å². The van der Waals surface area contributed by atoms with Gasteiger partial charge in [-0.15, -0.1) is 0 Å². The summed E-state index contributed by atoms with van der Waals surface area (Å²) in [7, 11) is 1.56. The SMILES string of the molecule is COc1ccccc1NC(=O)CCN1C(=S)NC(c2ccccn2)C1c1cccn1-c1cccc(F)c1.